The maximum Gasteiger partial charge on any atom is 0.0492 e. The normalized spacial score (nSPS) is 14.4. The fourth-order valence-electron chi connectivity index (χ4n) is 2.94. The van der Waals surface area contributed by atoms with Gasteiger partial charge >= 0.3 is 0 Å². The Balaban J connectivity index is 2.55. The van der Waals surface area contributed by atoms with Crippen molar-refractivity contribution in [2.75, 3.05) is 6.54 Å². The van der Waals surface area contributed by atoms with Crippen molar-refractivity contribution in [2.45, 2.75) is 71.8 Å². The smallest absolute Gasteiger partial charge is 0.0492 e. The quantitative estimate of drug-likeness (QED) is 0.665. The molecule has 0 saturated heterocycles. The molecule has 20 heavy (non-hydrogen) atoms. The Bertz CT molecular complexity index is 346. The van der Waals surface area contributed by atoms with Crippen LogP contribution >= 0.6 is 0 Å². The van der Waals surface area contributed by atoms with E-state index in [0.29, 0.717) is 6.04 Å². The zero-order valence-electron chi connectivity index (χ0n) is 13.9. The largest absolute Gasteiger partial charge is 0.314 e. The molecule has 2 unspecified atom stereocenters. The van der Waals surface area contributed by atoms with Crippen LogP contribution in [0.15, 0.2) is 12.3 Å². The number of nitrogens with zero attached hydrogens (tertiary/aromatic N) is 2. The van der Waals surface area contributed by atoms with Crippen molar-refractivity contribution in [3.05, 3.63) is 18.0 Å². The van der Waals surface area contributed by atoms with Gasteiger partial charge in [-0.1, -0.05) is 40.0 Å². The number of nitrogens with one attached hydrogen (secondary N) is 1. The highest BCUT2D eigenvalue weighted by Crippen LogP contribution is 2.21. The summed E-state index contributed by atoms with van der Waals surface area (Å²) in [6.45, 7) is 8.01. The molecule has 0 aliphatic carbocycles. The molecule has 0 fully saturated rings. The van der Waals surface area contributed by atoms with Gasteiger partial charge in [0.05, 0.1) is 0 Å². The molecule has 0 radical (unpaired) electrons. The number of aryl methyl sites for hydroxylation is 2. The minimum absolute atomic E-state index is 0.654. The molecular formula is C17H33N3. The maximum absolute atomic E-state index is 4.27. The lowest BCUT2D eigenvalue weighted by Gasteiger charge is -2.27. The molecule has 0 bridgehead atoms. The van der Waals surface area contributed by atoms with Gasteiger partial charge in [-0.15, -0.1) is 0 Å². The minimum atomic E-state index is 0.654. The van der Waals surface area contributed by atoms with Gasteiger partial charge in [0.15, 0.2) is 0 Å². The van der Waals surface area contributed by atoms with Crippen LogP contribution in [0.5, 0.6) is 0 Å². The molecule has 0 spiro atoms. The first kappa shape index (κ1) is 17.2. The molecule has 0 aliphatic heterocycles. The SMILES string of the molecule is CCCCC(CC)C(CCc1ccnn1C)NCCC. The number of hydrogen-bond acceptors (Lipinski definition) is 2. The molecule has 1 aromatic rings. The van der Waals surface area contributed by atoms with E-state index >= 15 is 0 Å². The predicted octanol–water partition coefficient (Wildman–Crippen LogP) is 3.94. The lowest BCUT2D eigenvalue weighted by molar-refractivity contribution is 0.302. The van der Waals surface area contributed by atoms with Crippen LogP contribution in [-0.4, -0.2) is 22.4 Å². The van der Waals surface area contributed by atoms with E-state index in [-0.39, 0.29) is 0 Å². The van der Waals surface area contributed by atoms with Crippen LogP contribution in [0.25, 0.3) is 0 Å². The summed E-state index contributed by atoms with van der Waals surface area (Å²) >= 11 is 0. The van der Waals surface area contributed by atoms with Crippen LogP contribution in [-0.2, 0) is 13.5 Å². The van der Waals surface area contributed by atoms with E-state index in [1.54, 1.807) is 0 Å². The Morgan fingerprint density at radius 2 is 2.00 bits per heavy atom. The van der Waals surface area contributed by atoms with Crippen LogP contribution in [0.2, 0.25) is 0 Å². The molecular weight excluding hydrogens is 246 g/mol. The molecule has 116 valence electrons. The van der Waals surface area contributed by atoms with Crippen molar-refractivity contribution in [3.8, 4) is 0 Å². The number of aromatic nitrogens is 2. The second-order valence-electron chi connectivity index (χ2n) is 5.86. The second-order valence-corrected chi connectivity index (χ2v) is 5.86. The van der Waals surface area contributed by atoms with E-state index in [1.165, 1.54) is 44.2 Å². The van der Waals surface area contributed by atoms with Crippen molar-refractivity contribution in [2.24, 2.45) is 13.0 Å². The molecule has 0 amide bonds. The third-order valence-corrected chi connectivity index (χ3v) is 4.31. The van der Waals surface area contributed by atoms with E-state index < -0.39 is 0 Å². The van der Waals surface area contributed by atoms with Gasteiger partial charge < -0.3 is 5.32 Å². The van der Waals surface area contributed by atoms with Crippen LogP contribution in [0.3, 0.4) is 0 Å². The lowest BCUT2D eigenvalue weighted by atomic mass is 9.88. The van der Waals surface area contributed by atoms with Gasteiger partial charge in [0.25, 0.3) is 0 Å². The third-order valence-electron chi connectivity index (χ3n) is 4.31. The monoisotopic (exact) mass is 279 g/mol. The molecule has 0 saturated carbocycles. The summed E-state index contributed by atoms with van der Waals surface area (Å²) in [6, 6.07) is 2.80. The summed E-state index contributed by atoms with van der Waals surface area (Å²) in [5, 5.41) is 8.05. The molecule has 1 rings (SSSR count). The van der Waals surface area contributed by atoms with E-state index in [4.69, 9.17) is 0 Å². The maximum atomic E-state index is 4.27. The summed E-state index contributed by atoms with van der Waals surface area (Å²) in [4.78, 5) is 0. The zero-order chi connectivity index (χ0) is 14.8. The Labute approximate surface area is 125 Å². The van der Waals surface area contributed by atoms with Gasteiger partial charge in [-0.05, 0) is 44.2 Å². The summed E-state index contributed by atoms with van der Waals surface area (Å²) in [5.41, 5.74) is 1.35. The van der Waals surface area contributed by atoms with E-state index in [9.17, 15) is 0 Å². The van der Waals surface area contributed by atoms with Gasteiger partial charge in [-0.3, -0.25) is 4.68 Å². The van der Waals surface area contributed by atoms with Crippen LogP contribution in [0.1, 0.15) is 65.0 Å². The van der Waals surface area contributed by atoms with Gasteiger partial charge in [0.1, 0.15) is 0 Å². The number of rotatable bonds is 11. The Morgan fingerprint density at radius 3 is 2.55 bits per heavy atom. The first-order valence-electron chi connectivity index (χ1n) is 8.43. The predicted molar refractivity (Wildman–Crippen MR) is 86.9 cm³/mol. The topological polar surface area (TPSA) is 29.9 Å². The first-order chi connectivity index (χ1) is 9.72. The Morgan fingerprint density at radius 1 is 1.20 bits per heavy atom. The second kappa shape index (κ2) is 9.98. The summed E-state index contributed by atoms with van der Waals surface area (Å²) < 4.78 is 2.00. The van der Waals surface area contributed by atoms with Crippen molar-refractivity contribution >= 4 is 0 Å². The van der Waals surface area contributed by atoms with Crippen LogP contribution in [0, 0.1) is 5.92 Å². The van der Waals surface area contributed by atoms with Crippen molar-refractivity contribution in [3.63, 3.8) is 0 Å². The zero-order valence-corrected chi connectivity index (χ0v) is 13.9. The molecule has 3 nitrogen and oxygen atoms in total. The van der Waals surface area contributed by atoms with Crippen molar-refractivity contribution < 1.29 is 0 Å². The molecule has 3 heteroatoms. The summed E-state index contributed by atoms with van der Waals surface area (Å²) in [6.07, 6.45) is 10.8. The lowest BCUT2D eigenvalue weighted by Crippen LogP contribution is -2.37. The minimum Gasteiger partial charge on any atom is -0.314 e. The molecule has 0 aromatic carbocycles. The molecule has 0 aliphatic rings. The number of unbranched alkanes of at least 4 members (excludes halogenated alkanes) is 1. The fourth-order valence-corrected chi connectivity index (χ4v) is 2.94. The summed E-state index contributed by atoms with van der Waals surface area (Å²) in [7, 11) is 2.04. The highest BCUT2D eigenvalue weighted by Gasteiger charge is 2.19. The molecule has 2 atom stereocenters. The van der Waals surface area contributed by atoms with Crippen molar-refractivity contribution in [1.29, 1.82) is 0 Å². The van der Waals surface area contributed by atoms with Gasteiger partial charge in [-0.2, -0.15) is 5.10 Å². The third kappa shape index (κ3) is 5.66. The van der Waals surface area contributed by atoms with Gasteiger partial charge in [0, 0.05) is 25.0 Å². The Hall–Kier alpha value is -0.830. The van der Waals surface area contributed by atoms with E-state index in [2.05, 4.69) is 37.3 Å². The molecule has 1 aromatic heterocycles. The standard InChI is InChI=1S/C17H33N3/c1-5-8-9-15(7-3)17(18-13-6-2)11-10-16-12-14-19-20(16)4/h12,14-15,17-18H,5-11,13H2,1-4H3. The fraction of sp³-hybridized carbons (Fsp3) is 0.824. The van der Waals surface area contributed by atoms with Crippen molar-refractivity contribution in [1.82, 2.24) is 15.1 Å². The molecule has 1 heterocycles. The summed E-state index contributed by atoms with van der Waals surface area (Å²) in [5.74, 6) is 0.815. The Kier molecular flexibility index (Phi) is 8.59. The molecule has 1 N–H and O–H groups in total. The van der Waals surface area contributed by atoms with Gasteiger partial charge in [-0.25, -0.2) is 0 Å². The highest BCUT2D eigenvalue weighted by atomic mass is 15.2. The van der Waals surface area contributed by atoms with Crippen LogP contribution < -0.4 is 5.32 Å². The average Bonchev–Trinajstić information content (AvgIpc) is 2.87. The number of hydrogen-bond donors (Lipinski definition) is 1. The first-order valence-corrected chi connectivity index (χ1v) is 8.43. The van der Waals surface area contributed by atoms with E-state index in [1.807, 2.05) is 17.9 Å². The average molecular weight is 279 g/mol. The van der Waals surface area contributed by atoms with E-state index in [0.717, 1.165) is 18.9 Å². The highest BCUT2D eigenvalue weighted by molar-refractivity contribution is 5.00. The van der Waals surface area contributed by atoms with Crippen LogP contribution in [0.4, 0.5) is 0 Å². The van der Waals surface area contributed by atoms with Gasteiger partial charge in [0.2, 0.25) is 0 Å².